The first kappa shape index (κ1) is 19.8. The Hall–Kier alpha value is -2.00. The fourth-order valence-corrected chi connectivity index (χ4v) is 3.70. The van der Waals surface area contributed by atoms with Gasteiger partial charge in [-0.3, -0.25) is 0 Å². The van der Waals surface area contributed by atoms with Crippen LogP contribution in [0.25, 0.3) is 0 Å². The first-order valence-corrected chi connectivity index (χ1v) is 8.72. The van der Waals surface area contributed by atoms with Crippen LogP contribution in [0.15, 0.2) is 35.1 Å². The summed E-state index contributed by atoms with van der Waals surface area (Å²) in [6.45, 7) is 7.43. The van der Waals surface area contributed by atoms with Crippen molar-refractivity contribution in [2.75, 3.05) is 6.61 Å². The molecule has 8 heteroatoms. The van der Waals surface area contributed by atoms with Gasteiger partial charge in [0.15, 0.2) is 5.79 Å². The average Bonchev–Trinajstić information content (AvgIpc) is 3.03. The lowest BCUT2D eigenvalue weighted by Gasteiger charge is -2.40. The van der Waals surface area contributed by atoms with Crippen LogP contribution in [-0.4, -0.2) is 57.0 Å². The van der Waals surface area contributed by atoms with E-state index in [9.17, 15) is 24.9 Å². The minimum Gasteiger partial charge on any atom is -0.454 e. The van der Waals surface area contributed by atoms with Gasteiger partial charge >= 0.3 is 11.9 Å². The molecule has 0 aromatic carbocycles. The Morgan fingerprint density at radius 2 is 2.04 bits per heavy atom. The smallest absolute Gasteiger partial charge is 0.342 e. The van der Waals surface area contributed by atoms with Gasteiger partial charge in [-0.05, 0) is 33.3 Å². The standard InChI is InChI=1S/C19H24O8/c1-10(2)15(21)25-13-8-18(4,23)19(24)6-5-17(3,27-19)7-12-14(13)11(9-20)16(22)26-12/h7,13,20,23-24H,1,5-6,8-9H2,2-4H3/b12-7-. The third-order valence-corrected chi connectivity index (χ3v) is 5.34. The molecule has 2 bridgehead atoms. The molecule has 1 fully saturated rings. The van der Waals surface area contributed by atoms with E-state index in [1.54, 1.807) is 6.92 Å². The number of carbonyl (C=O) groups is 2. The molecule has 3 aliphatic rings. The molecule has 0 radical (unpaired) electrons. The van der Waals surface area contributed by atoms with E-state index < -0.39 is 41.6 Å². The molecule has 27 heavy (non-hydrogen) atoms. The highest BCUT2D eigenvalue weighted by Gasteiger charge is 2.58. The molecule has 3 heterocycles. The van der Waals surface area contributed by atoms with Crippen molar-refractivity contribution in [3.05, 3.63) is 35.1 Å². The van der Waals surface area contributed by atoms with Crippen molar-refractivity contribution in [3.8, 4) is 0 Å². The summed E-state index contributed by atoms with van der Waals surface area (Å²) in [6, 6.07) is 0. The van der Waals surface area contributed by atoms with Crippen molar-refractivity contribution in [2.24, 2.45) is 0 Å². The summed E-state index contributed by atoms with van der Waals surface area (Å²) < 4.78 is 16.5. The molecule has 148 valence electrons. The highest BCUT2D eigenvalue weighted by Crippen LogP contribution is 2.49. The van der Waals surface area contributed by atoms with E-state index in [4.69, 9.17) is 14.2 Å². The number of carbonyl (C=O) groups excluding carboxylic acids is 2. The number of esters is 2. The monoisotopic (exact) mass is 380 g/mol. The SMILES string of the molecule is C=C(C)C(=O)OC1CC(C)(O)C2(O)CCC(C)(/C=C3\OC(=O)C(CO)=C31)O2. The van der Waals surface area contributed by atoms with E-state index >= 15 is 0 Å². The Bertz CT molecular complexity index is 777. The zero-order chi connectivity index (χ0) is 20.2. The van der Waals surface area contributed by atoms with Crippen molar-refractivity contribution in [3.63, 3.8) is 0 Å². The molecule has 0 saturated carbocycles. The van der Waals surface area contributed by atoms with E-state index in [-0.39, 0.29) is 35.3 Å². The molecule has 1 saturated heterocycles. The fourth-order valence-electron chi connectivity index (χ4n) is 3.70. The van der Waals surface area contributed by atoms with Gasteiger partial charge in [0.2, 0.25) is 0 Å². The molecular formula is C19H24O8. The average molecular weight is 380 g/mol. The predicted molar refractivity (Wildman–Crippen MR) is 91.9 cm³/mol. The Labute approximate surface area is 156 Å². The van der Waals surface area contributed by atoms with Crippen molar-refractivity contribution >= 4 is 11.9 Å². The second kappa shape index (κ2) is 6.27. The van der Waals surface area contributed by atoms with E-state index in [1.165, 1.54) is 19.9 Å². The molecule has 4 atom stereocenters. The van der Waals surface area contributed by atoms with E-state index in [0.717, 1.165) is 0 Å². The number of rotatable bonds is 3. The van der Waals surface area contributed by atoms with Crippen LogP contribution in [0, 0.1) is 0 Å². The third kappa shape index (κ3) is 3.23. The molecule has 0 aromatic rings. The lowest BCUT2D eigenvalue weighted by atomic mass is 9.82. The summed E-state index contributed by atoms with van der Waals surface area (Å²) in [5.74, 6) is -3.28. The van der Waals surface area contributed by atoms with Crippen LogP contribution in [0.4, 0.5) is 0 Å². The predicted octanol–water partition coefficient (Wildman–Crippen LogP) is 0.616. The van der Waals surface area contributed by atoms with Crippen LogP contribution >= 0.6 is 0 Å². The zero-order valence-corrected chi connectivity index (χ0v) is 15.6. The normalized spacial score (nSPS) is 40.3. The number of ether oxygens (including phenoxy) is 3. The molecule has 8 nitrogen and oxygen atoms in total. The lowest BCUT2D eigenvalue weighted by molar-refractivity contribution is -0.298. The maximum absolute atomic E-state index is 12.2. The molecule has 4 unspecified atom stereocenters. The fraction of sp³-hybridized carbons (Fsp3) is 0.579. The molecule has 0 aliphatic carbocycles. The highest BCUT2D eigenvalue weighted by molar-refractivity contribution is 5.95. The largest absolute Gasteiger partial charge is 0.454 e. The van der Waals surface area contributed by atoms with Gasteiger partial charge in [-0.2, -0.15) is 0 Å². The maximum Gasteiger partial charge on any atom is 0.342 e. The van der Waals surface area contributed by atoms with Gasteiger partial charge < -0.3 is 29.5 Å². The van der Waals surface area contributed by atoms with Crippen molar-refractivity contribution in [1.29, 1.82) is 0 Å². The van der Waals surface area contributed by atoms with Crippen LogP contribution in [-0.2, 0) is 23.8 Å². The van der Waals surface area contributed by atoms with Crippen LogP contribution in [0.1, 0.15) is 40.0 Å². The summed E-state index contributed by atoms with van der Waals surface area (Å²) >= 11 is 0. The zero-order valence-electron chi connectivity index (χ0n) is 15.6. The Kier molecular flexibility index (Phi) is 4.59. The molecule has 0 amide bonds. The highest BCUT2D eigenvalue weighted by atomic mass is 16.7. The number of aliphatic hydroxyl groups is 3. The first-order valence-electron chi connectivity index (χ1n) is 8.72. The number of hydrogen-bond donors (Lipinski definition) is 3. The van der Waals surface area contributed by atoms with Crippen LogP contribution in [0.3, 0.4) is 0 Å². The van der Waals surface area contributed by atoms with Gasteiger partial charge in [0.05, 0.1) is 17.8 Å². The van der Waals surface area contributed by atoms with Gasteiger partial charge in [0, 0.05) is 24.0 Å². The lowest BCUT2D eigenvalue weighted by Crippen LogP contribution is -2.54. The molecule has 0 spiro atoms. The molecule has 3 N–H and O–H groups in total. The minimum atomic E-state index is -1.88. The Morgan fingerprint density at radius 3 is 2.63 bits per heavy atom. The van der Waals surface area contributed by atoms with Crippen molar-refractivity contribution in [2.45, 2.75) is 63.1 Å². The van der Waals surface area contributed by atoms with Gasteiger partial charge in [-0.15, -0.1) is 0 Å². The number of fused-ring (bicyclic) bond motifs is 3. The van der Waals surface area contributed by atoms with Crippen LogP contribution < -0.4 is 0 Å². The topological polar surface area (TPSA) is 123 Å². The second-order valence-electron chi connectivity index (χ2n) is 7.80. The molecule has 3 aliphatic heterocycles. The van der Waals surface area contributed by atoms with E-state index in [1.807, 2.05) is 0 Å². The maximum atomic E-state index is 12.2. The Morgan fingerprint density at radius 1 is 1.37 bits per heavy atom. The summed E-state index contributed by atoms with van der Waals surface area (Å²) in [5, 5.41) is 31.6. The van der Waals surface area contributed by atoms with Crippen LogP contribution in [0.5, 0.6) is 0 Å². The quantitative estimate of drug-likeness (QED) is 0.481. The van der Waals surface area contributed by atoms with Crippen LogP contribution in [0.2, 0.25) is 0 Å². The van der Waals surface area contributed by atoms with Crippen molar-refractivity contribution < 1.29 is 39.1 Å². The third-order valence-electron chi connectivity index (χ3n) is 5.34. The Balaban J connectivity index is 2.18. The van der Waals surface area contributed by atoms with Gasteiger partial charge in [0.1, 0.15) is 17.5 Å². The molecular weight excluding hydrogens is 356 g/mol. The summed E-state index contributed by atoms with van der Waals surface area (Å²) in [4.78, 5) is 24.3. The summed E-state index contributed by atoms with van der Waals surface area (Å²) in [5.41, 5.74) is -2.60. The summed E-state index contributed by atoms with van der Waals surface area (Å²) in [7, 11) is 0. The van der Waals surface area contributed by atoms with Gasteiger partial charge in [-0.25, -0.2) is 9.59 Å². The summed E-state index contributed by atoms with van der Waals surface area (Å²) in [6.07, 6.45) is 0.606. The molecule has 0 aromatic heterocycles. The van der Waals surface area contributed by atoms with Crippen molar-refractivity contribution in [1.82, 2.24) is 0 Å². The van der Waals surface area contributed by atoms with E-state index in [0.29, 0.717) is 6.42 Å². The van der Waals surface area contributed by atoms with Gasteiger partial charge in [0.25, 0.3) is 0 Å². The van der Waals surface area contributed by atoms with Gasteiger partial charge in [-0.1, -0.05) is 6.58 Å². The first-order chi connectivity index (χ1) is 12.4. The second-order valence-corrected chi connectivity index (χ2v) is 7.80. The van der Waals surface area contributed by atoms with E-state index in [2.05, 4.69) is 6.58 Å². The minimum absolute atomic E-state index is 0.0649. The molecule has 3 rings (SSSR count). The number of aliphatic hydroxyl groups excluding tert-OH is 1. The number of hydrogen-bond acceptors (Lipinski definition) is 8.